The van der Waals surface area contributed by atoms with Gasteiger partial charge in [-0.2, -0.15) is 4.68 Å². The van der Waals surface area contributed by atoms with Crippen molar-refractivity contribution in [3.8, 4) is 5.82 Å². The third-order valence-electron chi connectivity index (χ3n) is 2.27. The second-order valence-electron chi connectivity index (χ2n) is 3.36. The van der Waals surface area contributed by atoms with Gasteiger partial charge in [-0.25, -0.2) is 15.0 Å². The van der Waals surface area contributed by atoms with Gasteiger partial charge in [0.15, 0.2) is 11.6 Å². The molecule has 84 valence electrons. The van der Waals surface area contributed by atoms with Gasteiger partial charge in [-0.05, 0) is 0 Å². The molecule has 2 aromatic rings. The first-order chi connectivity index (χ1) is 7.76. The number of aryl methyl sites for hydroxylation is 2. The molecular weight excluding hydrogens is 204 g/mol. The van der Waals surface area contributed by atoms with Gasteiger partial charge in [-0.15, -0.1) is 5.10 Å². The lowest BCUT2D eigenvalue weighted by atomic mass is 10.4. The maximum Gasteiger partial charge on any atom is 0.181 e. The fourth-order valence-corrected chi connectivity index (χ4v) is 1.45. The van der Waals surface area contributed by atoms with Crippen LogP contribution in [0.4, 0.5) is 5.69 Å². The van der Waals surface area contributed by atoms with Crippen LogP contribution in [0.1, 0.15) is 25.5 Å². The fraction of sp³-hybridized carbons (Fsp3) is 0.400. The first kappa shape index (κ1) is 10.5. The van der Waals surface area contributed by atoms with Gasteiger partial charge in [0.2, 0.25) is 0 Å². The van der Waals surface area contributed by atoms with Gasteiger partial charge in [0, 0.05) is 12.8 Å². The predicted octanol–water partition coefficient (Wildman–Crippen LogP) is 0.764. The molecule has 2 rings (SSSR count). The van der Waals surface area contributed by atoms with Crippen molar-refractivity contribution in [2.75, 3.05) is 5.73 Å². The first-order valence-corrected chi connectivity index (χ1v) is 5.26. The molecular formula is C10H14N6. The summed E-state index contributed by atoms with van der Waals surface area (Å²) < 4.78 is 1.69. The molecule has 16 heavy (non-hydrogen) atoms. The molecule has 0 amide bonds. The maximum atomic E-state index is 5.81. The summed E-state index contributed by atoms with van der Waals surface area (Å²) >= 11 is 0. The minimum absolute atomic E-state index is 0.504. The van der Waals surface area contributed by atoms with E-state index < -0.39 is 0 Å². The molecule has 0 bridgehead atoms. The number of nitrogens with two attached hydrogens (primary N) is 1. The number of hydrogen-bond acceptors (Lipinski definition) is 5. The van der Waals surface area contributed by atoms with E-state index in [4.69, 9.17) is 5.73 Å². The quantitative estimate of drug-likeness (QED) is 0.822. The largest absolute Gasteiger partial charge is 0.394 e. The van der Waals surface area contributed by atoms with Crippen LogP contribution in [0, 0.1) is 0 Å². The van der Waals surface area contributed by atoms with Gasteiger partial charge >= 0.3 is 0 Å². The van der Waals surface area contributed by atoms with Gasteiger partial charge in [-0.3, -0.25) is 0 Å². The number of aromatic nitrogens is 5. The van der Waals surface area contributed by atoms with Crippen molar-refractivity contribution in [2.24, 2.45) is 0 Å². The second kappa shape index (κ2) is 4.26. The lowest BCUT2D eigenvalue weighted by Gasteiger charge is -2.04. The van der Waals surface area contributed by atoms with E-state index in [0.29, 0.717) is 11.5 Å². The Morgan fingerprint density at radius 1 is 1.31 bits per heavy atom. The fourth-order valence-electron chi connectivity index (χ4n) is 1.45. The van der Waals surface area contributed by atoms with Crippen molar-refractivity contribution in [1.29, 1.82) is 0 Å². The van der Waals surface area contributed by atoms with E-state index in [1.807, 2.05) is 13.8 Å². The van der Waals surface area contributed by atoms with Gasteiger partial charge in [0.05, 0.1) is 11.9 Å². The van der Waals surface area contributed by atoms with E-state index in [9.17, 15) is 0 Å². The Morgan fingerprint density at radius 3 is 2.75 bits per heavy atom. The van der Waals surface area contributed by atoms with Crippen LogP contribution in [0.5, 0.6) is 0 Å². The summed E-state index contributed by atoms with van der Waals surface area (Å²) in [6, 6.07) is 0. The molecule has 0 aliphatic carbocycles. The molecule has 0 saturated heterocycles. The van der Waals surface area contributed by atoms with Crippen LogP contribution in [0.2, 0.25) is 0 Å². The Bertz CT molecular complexity index is 490. The lowest BCUT2D eigenvalue weighted by Crippen LogP contribution is -2.08. The second-order valence-corrected chi connectivity index (χ2v) is 3.36. The molecule has 2 aromatic heterocycles. The monoisotopic (exact) mass is 218 g/mol. The summed E-state index contributed by atoms with van der Waals surface area (Å²) in [6.07, 6.45) is 4.61. The van der Waals surface area contributed by atoms with E-state index >= 15 is 0 Å². The van der Waals surface area contributed by atoms with Crippen molar-refractivity contribution < 1.29 is 0 Å². The molecule has 0 radical (unpaired) electrons. The van der Waals surface area contributed by atoms with Crippen LogP contribution >= 0.6 is 0 Å². The van der Waals surface area contributed by atoms with Crippen LogP contribution < -0.4 is 5.73 Å². The minimum atomic E-state index is 0.504. The molecule has 2 N–H and O–H groups in total. The summed E-state index contributed by atoms with van der Waals surface area (Å²) in [5, 5.41) is 4.37. The molecule has 0 aliphatic rings. The zero-order valence-electron chi connectivity index (χ0n) is 9.38. The average Bonchev–Trinajstić information content (AvgIpc) is 2.72. The van der Waals surface area contributed by atoms with Gasteiger partial charge in [0.1, 0.15) is 12.2 Å². The van der Waals surface area contributed by atoms with E-state index in [1.165, 1.54) is 6.33 Å². The number of nitrogen functional groups attached to an aromatic ring is 1. The van der Waals surface area contributed by atoms with Crippen LogP contribution in [0.25, 0.3) is 5.82 Å². The van der Waals surface area contributed by atoms with Crippen molar-refractivity contribution >= 4 is 5.69 Å². The summed E-state index contributed by atoms with van der Waals surface area (Å²) in [5.41, 5.74) is 6.32. The highest BCUT2D eigenvalue weighted by Crippen LogP contribution is 2.13. The standard InChI is InChI=1S/C10H14N6/c1-3-8-14-9(4-2)16(15-8)10-7(11)5-12-6-13-10/h5-6H,3-4,11H2,1-2H3. The number of nitrogens with zero attached hydrogens (tertiary/aromatic N) is 5. The topological polar surface area (TPSA) is 82.5 Å². The highest BCUT2D eigenvalue weighted by atomic mass is 15.4. The van der Waals surface area contributed by atoms with Crippen molar-refractivity contribution in [3.05, 3.63) is 24.2 Å². The molecule has 0 unspecified atom stereocenters. The van der Waals surface area contributed by atoms with Crippen molar-refractivity contribution in [2.45, 2.75) is 26.7 Å². The smallest absolute Gasteiger partial charge is 0.181 e. The molecule has 0 atom stereocenters. The Labute approximate surface area is 93.6 Å². The molecule has 6 heteroatoms. The molecule has 0 saturated carbocycles. The molecule has 0 fully saturated rings. The third-order valence-corrected chi connectivity index (χ3v) is 2.27. The van der Waals surface area contributed by atoms with Crippen LogP contribution in [0.15, 0.2) is 12.5 Å². The predicted molar refractivity (Wildman–Crippen MR) is 60.1 cm³/mol. The van der Waals surface area contributed by atoms with Crippen molar-refractivity contribution in [1.82, 2.24) is 24.7 Å². The normalized spacial score (nSPS) is 10.6. The zero-order valence-corrected chi connectivity index (χ0v) is 9.38. The van der Waals surface area contributed by atoms with Gasteiger partial charge < -0.3 is 5.73 Å². The van der Waals surface area contributed by atoms with Crippen LogP contribution in [-0.2, 0) is 12.8 Å². The number of hydrogen-bond donors (Lipinski definition) is 1. The van der Waals surface area contributed by atoms with E-state index in [-0.39, 0.29) is 0 Å². The highest BCUT2D eigenvalue weighted by Gasteiger charge is 2.12. The van der Waals surface area contributed by atoms with Crippen LogP contribution in [-0.4, -0.2) is 24.7 Å². The minimum Gasteiger partial charge on any atom is -0.394 e. The Kier molecular flexibility index (Phi) is 2.80. The van der Waals surface area contributed by atoms with Crippen molar-refractivity contribution in [3.63, 3.8) is 0 Å². The Hall–Kier alpha value is -1.98. The number of rotatable bonds is 3. The third kappa shape index (κ3) is 1.73. The maximum absolute atomic E-state index is 5.81. The molecule has 6 nitrogen and oxygen atoms in total. The number of anilines is 1. The zero-order chi connectivity index (χ0) is 11.5. The van der Waals surface area contributed by atoms with Crippen LogP contribution in [0.3, 0.4) is 0 Å². The molecule has 0 spiro atoms. The highest BCUT2D eigenvalue weighted by molar-refractivity contribution is 5.50. The Balaban J connectivity index is 2.54. The summed E-state index contributed by atoms with van der Waals surface area (Å²) in [6.45, 7) is 4.04. The van der Waals surface area contributed by atoms with Gasteiger partial charge in [0.25, 0.3) is 0 Å². The molecule has 0 aliphatic heterocycles. The average molecular weight is 218 g/mol. The summed E-state index contributed by atoms with van der Waals surface area (Å²) in [4.78, 5) is 12.4. The van der Waals surface area contributed by atoms with Gasteiger partial charge in [-0.1, -0.05) is 13.8 Å². The summed E-state index contributed by atoms with van der Waals surface area (Å²) in [5.74, 6) is 2.26. The van der Waals surface area contributed by atoms with E-state index in [2.05, 4.69) is 20.1 Å². The molecule has 2 heterocycles. The summed E-state index contributed by atoms with van der Waals surface area (Å²) in [7, 11) is 0. The van der Waals surface area contributed by atoms with E-state index in [1.54, 1.807) is 10.9 Å². The molecule has 0 aromatic carbocycles. The SMILES string of the molecule is CCc1nc(CC)n(-c2ncncc2N)n1. The van der Waals surface area contributed by atoms with E-state index in [0.717, 1.165) is 24.5 Å². The Morgan fingerprint density at radius 2 is 2.12 bits per heavy atom. The first-order valence-electron chi connectivity index (χ1n) is 5.26. The lowest BCUT2D eigenvalue weighted by molar-refractivity contribution is 0.768.